The van der Waals surface area contributed by atoms with Gasteiger partial charge in [0, 0.05) is 7.97 Å². The quantitative estimate of drug-likeness (QED) is 0.504. The summed E-state index contributed by atoms with van der Waals surface area (Å²) in [4.78, 5) is 15.2. The molecule has 0 atom stereocenters. The second-order valence-electron chi connectivity index (χ2n) is 5.37. The van der Waals surface area contributed by atoms with Crippen LogP contribution >= 0.6 is 0 Å². The van der Waals surface area contributed by atoms with Gasteiger partial charge in [0.2, 0.25) is 0 Å². The molecule has 1 rings (SSSR count). The van der Waals surface area contributed by atoms with Crippen molar-refractivity contribution >= 4 is 5.97 Å². The summed E-state index contributed by atoms with van der Waals surface area (Å²) in [7, 11) is 1.35. The fraction of sp³-hybridized carbons (Fsp3) is 0.533. The molecule has 0 aliphatic heterocycles. The van der Waals surface area contributed by atoms with Crippen molar-refractivity contribution in [2.75, 3.05) is 20.3 Å². The largest absolute Gasteiger partial charge is 0.492 e. The van der Waals surface area contributed by atoms with Crippen LogP contribution in [0.2, 0.25) is 0 Å². The second-order valence-corrected chi connectivity index (χ2v) is 5.37. The van der Waals surface area contributed by atoms with E-state index in [-0.39, 0.29) is 7.40 Å². The first-order valence-electron chi connectivity index (χ1n) is 6.59. The molecule has 1 aromatic carbocycles. The van der Waals surface area contributed by atoms with Gasteiger partial charge in [0.05, 0.1) is 18.3 Å². The summed E-state index contributed by atoms with van der Waals surface area (Å²) in [5.41, 5.74) is 6.36. The van der Waals surface area contributed by atoms with E-state index >= 15 is 0 Å². The summed E-state index contributed by atoms with van der Waals surface area (Å²) in [6.45, 7) is 8.08. The monoisotopic (exact) mass is 301 g/mol. The van der Waals surface area contributed by atoms with E-state index in [4.69, 9.17) is 15.7 Å². The van der Waals surface area contributed by atoms with Gasteiger partial charge in [-0.2, -0.15) is 0 Å². The van der Waals surface area contributed by atoms with E-state index < -0.39 is 5.60 Å². The Hall–Kier alpha value is -1.63. The van der Waals surface area contributed by atoms with Crippen molar-refractivity contribution in [2.45, 2.75) is 33.3 Å². The lowest BCUT2D eigenvalue weighted by Crippen LogP contribution is -2.15. The third-order valence-electron chi connectivity index (χ3n) is 2.13. The first-order valence-corrected chi connectivity index (χ1v) is 6.59. The van der Waals surface area contributed by atoms with Crippen LogP contribution in [-0.2, 0) is 9.62 Å². The van der Waals surface area contributed by atoms with Crippen molar-refractivity contribution < 1.29 is 25.8 Å². The number of ether oxygens (including phenoxy) is 2. The third-order valence-corrected chi connectivity index (χ3v) is 2.13. The zero-order valence-electron chi connectivity index (χ0n) is 13.3. The fourth-order valence-electron chi connectivity index (χ4n) is 1.24. The molecule has 0 aliphatic carbocycles. The predicted molar refractivity (Wildman–Crippen MR) is 82.6 cm³/mol. The maximum Gasteiger partial charge on any atom is 0.337 e. The molecule has 0 bridgehead atoms. The van der Waals surface area contributed by atoms with E-state index in [1.807, 2.05) is 13.0 Å². The lowest BCUT2D eigenvalue weighted by atomic mass is 10.1. The van der Waals surface area contributed by atoms with Crippen LogP contribution in [-0.4, -0.2) is 37.1 Å². The molecule has 0 saturated carbocycles. The standard InChI is InChI=1S/C11H15NO3.C4H10O2.H2/c1-8-5-9(11(13)14-2)7-10(6-8)15-4-3-12;1-4(2,3)6-5;/h5-7H,3-4,12H2,1-2H3;5H,1-3H3;1H. The number of carbonyl (C=O) groups excluding carboxylic acids is 1. The Morgan fingerprint density at radius 2 is 1.90 bits per heavy atom. The van der Waals surface area contributed by atoms with Gasteiger partial charge in [-0.15, -0.1) is 0 Å². The summed E-state index contributed by atoms with van der Waals surface area (Å²) in [5, 5.41) is 7.90. The van der Waals surface area contributed by atoms with Crippen LogP contribution in [0.15, 0.2) is 18.2 Å². The molecule has 0 heterocycles. The van der Waals surface area contributed by atoms with Crippen LogP contribution in [0.3, 0.4) is 0 Å². The van der Waals surface area contributed by atoms with E-state index in [0.717, 1.165) is 5.56 Å². The highest BCUT2D eigenvalue weighted by molar-refractivity contribution is 5.90. The number of hydrogen-bond acceptors (Lipinski definition) is 6. The maximum absolute atomic E-state index is 11.3. The van der Waals surface area contributed by atoms with Gasteiger partial charge in [-0.1, -0.05) is 0 Å². The van der Waals surface area contributed by atoms with Crippen LogP contribution in [0.25, 0.3) is 0 Å². The summed E-state index contributed by atoms with van der Waals surface area (Å²) in [5.74, 6) is 0.275. The Bertz CT molecular complexity index is 446. The Balaban J connectivity index is 0. The average molecular weight is 301 g/mol. The smallest absolute Gasteiger partial charge is 0.337 e. The average Bonchev–Trinajstić information content (AvgIpc) is 2.43. The van der Waals surface area contributed by atoms with E-state index in [9.17, 15) is 4.79 Å². The number of carbonyl (C=O) groups is 1. The Labute approximate surface area is 127 Å². The SMILES string of the molecule is CC(C)(C)OO.COC(=O)c1cc(C)cc(OCCN)c1.[HH]. The molecule has 0 aromatic heterocycles. The minimum Gasteiger partial charge on any atom is -0.492 e. The highest BCUT2D eigenvalue weighted by atomic mass is 17.1. The summed E-state index contributed by atoms with van der Waals surface area (Å²) >= 11 is 0. The van der Waals surface area contributed by atoms with Gasteiger partial charge < -0.3 is 15.2 Å². The van der Waals surface area contributed by atoms with E-state index in [1.54, 1.807) is 32.9 Å². The van der Waals surface area contributed by atoms with Gasteiger partial charge in [0.1, 0.15) is 12.4 Å². The molecule has 1 aromatic rings. The zero-order chi connectivity index (χ0) is 16.5. The molecule has 6 nitrogen and oxygen atoms in total. The van der Waals surface area contributed by atoms with Gasteiger partial charge in [-0.05, 0) is 51.5 Å². The van der Waals surface area contributed by atoms with Crippen molar-refractivity contribution in [1.29, 1.82) is 0 Å². The number of nitrogens with two attached hydrogens (primary N) is 1. The molecule has 21 heavy (non-hydrogen) atoms. The Morgan fingerprint density at radius 3 is 2.33 bits per heavy atom. The minimum absolute atomic E-state index is 0. The molecular weight excluding hydrogens is 274 g/mol. The number of methoxy groups -OCH3 is 1. The molecular formula is C15H27NO5. The van der Waals surface area contributed by atoms with Gasteiger partial charge in [0.25, 0.3) is 0 Å². The van der Waals surface area contributed by atoms with Gasteiger partial charge in [-0.25, -0.2) is 9.68 Å². The zero-order valence-corrected chi connectivity index (χ0v) is 13.3. The van der Waals surface area contributed by atoms with Gasteiger partial charge in [-0.3, -0.25) is 5.26 Å². The molecule has 0 radical (unpaired) electrons. The molecule has 0 fully saturated rings. The van der Waals surface area contributed by atoms with Gasteiger partial charge in [0.15, 0.2) is 0 Å². The minimum atomic E-state index is -0.403. The first kappa shape index (κ1) is 19.4. The topological polar surface area (TPSA) is 91.0 Å². The summed E-state index contributed by atoms with van der Waals surface area (Å²) < 4.78 is 9.97. The Morgan fingerprint density at radius 1 is 1.33 bits per heavy atom. The number of rotatable bonds is 4. The Kier molecular flexibility index (Phi) is 8.61. The molecule has 6 heteroatoms. The summed E-state index contributed by atoms with van der Waals surface area (Å²) in [6.07, 6.45) is 0. The van der Waals surface area contributed by atoms with Crippen LogP contribution in [0.5, 0.6) is 5.75 Å². The predicted octanol–water partition coefficient (Wildman–Crippen LogP) is 2.64. The van der Waals surface area contributed by atoms with E-state index in [1.165, 1.54) is 7.11 Å². The lowest BCUT2D eigenvalue weighted by Gasteiger charge is -2.10. The third kappa shape index (κ3) is 9.01. The van der Waals surface area contributed by atoms with Crippen molar-refractivity contribution in [2.24, 2.45) is 5.73 Å². The normalized spacial score (nSPS) is 10.4. The fourth-order valence-corrected chi connectivity index (χ4v) is 1.24. The molecule has 122 valence electrons. The maximum atomic E-state index is 11.3. The lowest BCUT2D eigenvalue weighted by molar-refractivity contribution is -0.306. The molecule has 0 amide bonds. The van der Waals surface area contributed by atoms with Crippen LogP contribution in [0, 0.1) is 6.92 Å². The molecule has 0 unspecified atom stereocenters. The number of aryl methyl sites for hydroxylation is 1. The van der Waals surface area contributed by atoms with Crippen LogP contribution < -0.4 is 10.5 Å². The number of esters is 1. The first-order chi connectivity index (χ1) is 9.73. The number of benzene rings is 1. The van der Waals surface area contributed by atoms with Gasteiger partial charge >= 0.3 is 5.97 Å². The van der Waals surface area contributed by atoms with Crippen molar-refractivity contribution in [1.82, 2.24) is 0 Å². The van der Waals surface area contributed by atoms with Crippen molar-refractivity contribution in [3.05, 3.63) is 29.3 Å². The van der Waals surface area contributed by atoms with E-state index in [2.05, 4.69) is 9.62 Å². The highest BCUT2D eigenvalue weighted by Gasteiger charge is 2.08. The summed E-state index contributed by atoms with van der Waals surface area (Å²) in [6, 6.07) is 5.25. The van der Waals surface area contributed by atoms with Crippen LogP contribution in [0.1, 0.15) is 38.1 Å². The van der Waals surface area contributed by atoms with Crippen molar-refractivity contribution in [3.63, 3.8) is 0 Å². The molecule has 3 N–H and O–H groups in total. The second kappa shape index (κ2) is 9.33. The molecule has 0 saturated heterocycles. The van der Waals surface area contributed by atoms with Crippen molar-refractivity contribution in [3.8, 4) is 5.75 Å². The van der Waals surface area contributed by atoms with Crippen LogP contribution in [0.4, 0.5) is 0 Å². The highest BCUT2D eigenvalue weighted by Crippen LogP contribution is 2.17. The number of hydrogen-bond donors (Lipinski definition) is 2. The molecule has 0 spiro atoms. The molecule has 0 aliphatic rings. The van der Waals surface area contributed by atoms with E-state index in [0.29, 0.717) is 24.5 Å².